The summed E-state index contributed by atoms with van der Waals surface area (Å²) in [7, 11) is 1.89. The molecule has 0 unspecified atom stereocenters. The van der Waals surface area contributed by atoms with E-state index in [1.54, 1.807) is 11.0 Å². The summed E-state index contributed by atoms with van der Waals surface area (Å²) in [6, 6.07) is 0. The van der Waals surface area contributed by atoms with E-state index in [2.05, 4.69) is 25.1 Å². The van der Waals surface area contributed by atoms with Crippen LogP contribution in [0.25, 0.3) is 11.0 Å². The van der Waals surface area contributed by atoms with Gasteiger partial charge in [0.05, 0.1) is 37.0 Å². The van der Waals surface area contributed by atoms with Gasteiger partial charge >= 0.3 is 0 Å². The number of hydrogen-bond donors (Lipinski definition) is 0. The molecular formula is C15H19N7O. The zero-order valence-corrected chi connectivity index (χ0v) is 13.3. The van der Waals surface area contributed by atoms with Crippen molar-refractivity contribution >= 4 is 16.9 Å². The second-order valence-corrected chi connectivity index (χ2v) is 5.88. The van der Waals surface area contributed by atoms with Crippen LogP contribution in [0.2, 0.25) is 0 Å². The van der Waals surface area contributed by atoms with Crippen LogP contribution in [0.15, 0.2) is 24.9 Å². The summed E-state index contributed by atoms with van der Waals surface area (Å²) in [4.78, 5) is 11.0. The van der Waals surface area contributed by atoms with Crippen molar-refractivity contribution in [1.29, 1.82) is 0 Å². The molecule has 1 aliphatic heterocycles. The van der Waals surface area contributed by atoms with Crippen molar-refractivity contribution in [2.45, 2.75) is 19.6 Å². The first-order chi connectivity index (χ1) is 11.2. The maximum absolute atomic E-state index is 5.89. The van der Waals surface area contributed by atoms with Crippen molar-refractivity contribution in [3.63, 3.8) is 0 Å². The molecule has 0 aliphatic carbocycles. The summed E-state index contributed by atoms with van der Waals surface area (Å²) < 4.78 is 9.60. The Morgan fingerprint density at radius 1 is 1.26 bits per heavy atom. The molecule has 0 bridgehead atoms. The molecule has 1 fully saturated rings. The van der Waals surface area contributed by atoms with Crippen LogP contribution >= 0.6 is 0 Å². The summed E-state index contributed by atoms with van der Waals surface area (Å²) in [5.41, 5.74) is 2.01. The van der Waals surface area contributed by atoms with Gasteiger partial charge in [0.1, 0.15) is 12.1 Å². The van der Waals surface area contributed by atoms with E-state index < -0.39 is 0 Å². The van der Waals surface area contributed by atoms with Crippen LogP contribution < -0.4 is 4.90 Å². The van der Waals surface area contributed by atoms with Gasteiger partial charge in [0.15, 0.2) is 5.65 Å². The lowest BCUT2D eigenvalue weighted by Gasteiger charge is -2.33. The predicted octanol–water partition coefficient (Wildman–Crippen LogP) is 0.774. The largest absolute Gasteiger partial charge is 0.373 e. The number of fused-ring (bicyclic) bond motifs is 1. The van der Waals surface area contributed by atoms with Gasteiger partial charge in [-0.1, -0.05) is 0 Å². The fourth-order valence-corrected chi connectivity index (χ4v) is 3.00. The Labute approximate surface area is 133 Å². The number of aryl methyl sites for hydroxylation is 2. The minimum atomic E-state index is 0.0877. The molecule has 0 aromatic carbocycles. The van der Waals surface area contributed by atoms with Crippen LogP contribution in [0.5, 0.6) is 0 Å². The van der Waals surface area contributed by atoms with Gasteiger partial charge in [-0.25, -0.2) is 9.97 Å². The van der Waals surface area contributed by atoms with E-state index in [4.69, 9.17) is 4.74 Å². The lowest BCUT2D eigenvalue weighted by atomic mass is 10.2. The molecule has 0 N–H and O–H groups in total. The highest BCUT2D eigenvalue weighted by Gasteiger charge is 2.24. The number of ether oxygens (including phenoxy) is 1. The third-order valence-electron chi connectivity index (χ3n) is 4.10. The number of aromatic nitrogens is 6. The fraction of sp³-hybridized carbons (Fsp3) is 0.467. The van der Waals surface area contributed by atoms with Gasteiger partial charge in [0, 0.05) is 26.3 Å². The van der Waals surface area contributed by atoms with Crippen molar-refractivity contribution in [2.75, 3.05) is 24.6 Å². The molecule has 120 valence electrons. The molecule has 0 radical (unpaired) electrons. The summed E-state index contributed by atoms with van der Waals surface area (Å²) in [6.07, 6.45) is 7.41. The van der Waals surface area contributed by atoms with Gasteiger partial charge in [-0.05, 0) is 12.5 Å². The molecule has 0 saturated carbocycles. The van der Waals surface area contributed by atoms with Crippen molar-refractivity contribution < 1.29 is 4.74 Å². The fourth-order valence-electron chi connectivity index (χ4n) is 3.00. The first kappa shape index (κ1) is 14.1. The number of morpholine rings is 1. The van der Waals surface area contributed by atoms with Crippen LogP contribution in [0.1, 0.15) is 5.56 Å². The van der Waals surface area contributed by atoms with Crippen LogP contribution in [-0.2, 0) is 18.3 Å². The number of anilines is 1. The molecule has 8 nitrogen and oxygen atoms in total. The predicted molar refractivity (Wildman–Crippen MR) is 85.2 cm³/mol. The van der Waals surface area contributed by atoms with Gasteiger partial charge < -0.3 is 9.64 Å². The summed E-state index contributed by atoms with van der Waals surface area (Å²) in [5, 5.41) is 9.60. The number of nitrogens with zero attached hydrogens (tertiary/aromatic N) is 7. The Balaban J connectivity index is 1.56. The standard InChI is InChI=1S/C15H19N7O/c1-11-5-19-22(7-11)9-12-8-21(3-4-23-12)15-13-6-18-20(2)14(13)16-10-17-15/h5-7,10,12H,3-4,8-9H2,1-2H3/t12-/m1/s1. The zero-order valence-electron chi connectivity index (χ0n) is 13.3. The number of hydrogen-bond acceptors (Lipinski definition) is 6. The minimum Gasteiger partial charge on any atom is -0.373 e. The minimum absolute atomic E-state index is 0.0877. The maximum atomic E-state index is 5.89. The highest BCUT2D eigenvalue weighted by Crippen LogP contribution is 2.24. The van der Waals surface area contributed by atoms with Crippen LogP contribution in [-0.4, -0.2) is 55.3 Å². The molecule has 1 saturated heterocycles. The van der Waals surface area contributed by atoms with E-state index in [-0.39, 0.29) is 6.10 Å². The Morgan fingerprint density at radius 2 is 2.17 bits per heavy atom. The smallest absolute Gasteiger partial charge is 0.163 e. The van der Waals surface area contributed by atoms with Crippen molar-refractivity contribution in [1.82, 2.24) is 29.5 Å². The monoisotopic (exact) mass is 313 g/mol. The quantitative estimate of drug-likeness (QED) is 0.711. The summed E-state index contributed by atoms with van der Waals surface area (Å²) >= 11 is 0. The average molecular weight is 313 g/mol. The van der Waals surface area contributed by atoms with E-state index in [0.717, 1.165) is 42.0 Å². The van der Waals surface area contributed by atoms with Crippen LogP contribution in [0, 0.1) is 6.92 Å². The molecule has 3 aromatic heterocycles. The Hall–Kier alpha value is -2.48. The molecular weight excluding hydrogens is 294 g/mol. The first-order valence-corrected chi connectivity index (χ1v) is 7.69. The summed E-state index contributed by atoms with van der Waals surface area (Å²) in [5.74, 6) is 0.924. The van der Waals surface area contributed by atoms with E-state index in [0.29, 0.717) is 6.61 Å². The van der Waals surface area contributed by atoms with Gasteiger partial charge in [-0.15, -0.1) is 0 Å². The zero-order chi connectivity index (χ0) is 15.8. The van der Waals surface area contributed by atoms with Crippen LogP contribution in [0.3, 0.4) is 0 Å². The highest BCUT2D eigenvalue weighted by molar-refractivity contribution is 5.86. The maximum Gasteiger partial charge on any atom is 0.163 e. The van der Waals surface area contributed by atoms with Gasteiger partial charge in [-0.2, -0.15) is 10.2 Å². The van der Waals surface area contributed by atoms with E-state index in [1.165, 1.54) is 0 Å². The van der Waals surface area contributed by atoms with Gasteiger partial charge in [0.25, 0.3) is 0 Å². The van der Waals surface area contributed by atoms with Crippen LogP contribution in [0.4, 0.5) is 5.82 Å². The van der Waals surface area contributed by atoms with Gasteiger partial charge in [-0.3, -0.25) is 9.36 Å². The average Bonchev–Trinajstić information content (AvgIpc) is 3.14. The Morgan fingerprint density at radius 3 is 3.00 bits per heavy atom. The third kappa shape index (κ3) is 2.65. The molecule has 4 rings (SSSR count). The molecule has 1 aliphatic rings. The SMILES string of the molecule is Cc1cnn(C[C@H]2CN(c3ncnc4c3cnn4C)CCO2)c1. The van der Waals surface area contributed by atoms with Crippen molar-refractivity contribution in [2.24, 2.45) is 7.05 Å². The molecule has 3 aromatic rings. The second kappa shape index (κ2) is 5.62. The Bertz CT molecular complexity index is 824. The number of rotatable bonds is 3. The third-order valence-corrected chi connectivity index (χ3v) is 4.10. The lowest BCUT2D eigenvalue weighted by Crippen LogP contribution is -2.44. The molecule has 4 heterocycles. The molecule has 23 heavy (non-hydrogen) atoms. The highest BCUT2D eigenvalue weighted by atomic mass is 16.5. The second-order valence-electron chi connectivity index (χ2n) is 5.88. The molecule has 1 atom stereocenters. The molecule has 0 amide bonds. The first-order valence-electron chi connectivity index (χ1n) is 7.69. The summed E-state index contributed by atoms with van der Waals surface area (Å²) in [6.45, 7) is 5.05. The van der Waals surface area contributed by atoms with E-state index in [9.17, 15) is 0 Å². The van der Waals surface area contributed by atoms with Crippen molar-refractivity contribution in [3.8, 4) is 0 Å². The lowest BCUT2D eigenvalue weighted by molar-refractivity contribution is 0.0272. The molecule has 0 spiro atoms. The topological polar surface area (TPSA) is 73.9 Å². The Kier molecular flexibility index (Phi) is 3.45. The normalized spacial score (nSPS) is 18.7. The molecule has 8 heteroatoms. The van der Waals surface area contributed by atoms with E-state index >= 15 is 0 Å². The van der Waals surface area contributed by atoms with Crippen molar-refractivity contribution in [3.05, 3.63) is 30.5 Å². The van der Waals surface area contributed by atoms with Gasteiger partial charge in [0.2, 0.25) is 0 Å². The van der Waals surface area contributed by atoms with E-state index in [1.807, 2.05) is 37.2 Å².